The third-order valence-electron chi connectivity index (χ3n) is 3.10. The van der Waals surface area contributed by atoms with Gasteiger partial charge in [-0.15, -0.1) is 0 Å². The molecule has 11 heavy (non-hydrogen) atoms. The molecular weight excluding hydrogens is 142 g/mol. The molecule has 3 nitrogen and oxygen atoms in total. The van der Waals surface area contributed by atoms with E-state index in [-0.39, 0.29) is 0 Å². The first-order chi connectivity index (χ1) is 5.16. The molecule has 2 fully saturated rings. The highest BCUT2D eigenvalue weighted by Crippen LogP contribution is 2.40. The Morgan fingerprint density at radius 1 is 1.00 bits per heavy atom. The van der Waals surface area contributed by atoms with Crippen molar-refractivity contribution in [1.82, 2.24) is 5.32 Å². The van der Waals surface area contributed by atoms with Crippen LogP contribution in [0.1, 0.15) is 32.1 Å². The summed E-state index contributed by atoms with van der Waals surface area (Å²) in [4.78, 5) is 0. The Balaban J connectivity index is 2.24. The van der Waals surface area contributed by atoms with Gasteiger partial charge in [0.2, 0.25) is 0 Å². The Bertz CT molecular complexity index is 155. The van der Waals surface area contributed by atoms with Gasteiger partial charge in [0.25, 0.3) is 0 Å². The summed E-state index contributed by atoms with van der Waals surface area (Å²) in [5.41, 5.74) is -1.80. The van der Waals surface area contributed by atoms with E-state index in [1.165, 1.54) is 0 Å². The average molecular weight is 157 g/mol. The van der Waals surface area contributed by atoms with E-state index in [0.717, 1.165) is 25.8 Å². The van der Waals surface area contributed by atoms with Gasteiger partial charge in [-0.2, -0.15) is 0 Å². The number of hydrogen-bond acceptors (Lipinski definition) is 3. The fourth-order valence-corrected chi connectivity index (χ4v) is 2.30. The third kappa shape index (κ3) is 0.916. The van der Waals surface area contributed by atoms with Crippen LogP contribution in [0.5, 0.6) is 0 Å². The molecule has 64 valence electrons. The van der Waals surface area contributed by atoms with E-state index in [1.807, 2.05) is 0 Å². The largest absolute Gasteiger partial charge is 0.385 e. The van der Waals surface area contributed by atoms with Crippen molar-refractivity contribution in [2.75, 3.05) is 6.54 Å². The van der Waals surface area contributed by atoms with Crippen molar-refractivity contribution in [3.8, 4) is 0 Å². The summed E-state index contributed by atoms with van der Waals surface area (Å²) in [6, 6.07) is 0. The topological polar surface area (TPSA) is 52.5 Å². The maximum absolute atomic E-state index is 9.96. The van der Waals surface area contributed by atoms with Crippen LogP contribution in [0.2, 0.25) is 0 Å². The molecule has 0 aromatic carbocycles. The molecule has 1 saturated carbocycles. The van der Waals surface area contributed by atoms with Gasteiger partial charge in [0, 0.05) is 6.54 Å². The Labute approximate surface area is 66.4 Å². The van der Waals surface area contributed by atoms with E-state index in [4.69, 9.17) is 0 Å². The molecule has 0 aromatic rings. The van der Waals surface area contributed by atoms with Gasteiger partial charge in [0.15, 0.2) is 0 Å². The lowest BCUT2D eigenvalue weighted by Crippen LogP contribution is -2.58. The number of aliphatic hydroxyl groups is 2. The van der Waals surface area contributed by atoms with Crippen molar-refractivity contribution >= 4 is 0 Å². The van der Waals surface area contributed by atoms with Gasteiger partial charge in [-0.1, -0.05) is 6.42 Å². The SMILES string of the molecule is OC12CCCCC1(O)NCC2. The van der Waals surface area contributed by atoms with Crippen LogP contribution in [-0.2, 0) is 0 Å². The molecule has 0 amide bonds. The van der Waals surface area contributed by atoms with Crippen LogP contribution in [0, 0.1) is 0 Å². The second kappa shape index (κ2) is 2.19. The minimum atomic E-state index is -0.967. The summed E-state index contributed by atoms with van der Waals surface area (Å²) in [7, 11) is 0. The summed E-state index contributed by atoms with van der Waals surface area (Å²) in [5.74, 6) is 0. The van der Waals surface area contributed by atoms with Gasteiger partial charge in [-0.3, -0.25) is 5.32 Å². The molecule has 1 aliphatic carbocycles. The van der Waals surface area contributed by atoms with Crippen LogP contribution in [-0.4, -0.2) is 28.1 Å². The van der Waals surface area contributed by atoms with Gasteiger partial charge in [0.05, 0.1) is 0 Å². The number of fused-ring (bicyclic) bond motifs is 1. The number of hydrogen-bond donors (Lipinski definition) is 3. The Morgan fingerprint density at radius 2 is 1.73 bits per heavy atom. The van der Waals surface area contributed by atoms with Crippen molar-refractivity contribution in [2.24, 2.45) is 0 Å². The molecule has 3 N–H and O–H groups in total. The zero-order valence-corrected chi connectivity index (χ0v) is 6.64. The lowest BCUT2D eigenvalue weighted by Gasteiger charge is -2.41. The molecular formula is C8H15NO2. The molecule has 0 aromatic heterocycles. The van der Waals surface area contributed by atoms with Gasteiger partial charge < -0.3 is 10.2 Å². The van der Waals surface area contributed by atoms with E-state index in [0.29, 0.717) is 12.8 Å². The Hall–Kier alpha value is -0.120. The van der Waals surface area contributed by atoms with Crippen LogP contribution in [0.15, 0.2) is 0 Å². The standard InChI is InChI=1S/C8H15NO2/c10-7-3-1-2-4-8(7,11)9-6-5-7/h9-11H,1-6H2. The molecule has 2 atom stereocenters. The molecule has 0 bridgehead atoms. The zero-order valence-electron chi connectivity index (χ0n) is 6.64. The predicted molar refractivity (Wildman–Crippen MR) is 41.0 cm³/mol. The molecule has 1 aliphatic heterocycles. The Kier molecular flexibility index (Phi) is 1.50. The normalized spacial score (nSPS) is 50.7. The van der Waals surface area contributed by atoms with Crippen LogP contribution in [0.25, 0.3) is 0 Å². The minimum absolute atomic E-state index is 0.698. The van der Waals surface area contributed by atoms with Crippen molar-refractivity contribution < 1.29 is 10.2 Å². The maximum Gasteiger partial charge on any atom is 0.144 e. The maximum atomic E-state index is 9.96. The molecule has 2 rings (SSSR count). The van der Waals surface area contributed by atoms with E-state index >= 15 is 0 Å². The predicted octanol–water partition coefficient (Wildman–Crippen LogP) is -0.0266. The van der Waals surface area contributed by atoms with Crippen molar-refractivity contribution in [3.63, 3.8) is 0 Å². The molecule has 1 heterocycles. The van der Waals surface area contributed by atoms with Crippen LogP contribution in [0.3, 0.4) is 0 Å². The second-order valence-electron chi connectivity index (χ2n) is 3.78. The van der Waals surface area contributed by atoms with E-state index in [9.17, 15) is 10.2 Å². The van der Waals surface area contributed by atoms with Crippen LogP contribution >= 0.6 is 0 Å². The van der Waals surface area contributed by atoms with Gasteiger partial charge >= 0.3 is 0 Å². The highest BCUT2D eigenvalue weighted by molar-refractivity contribution is 5.05. The lowest BCUT2D eigenvalue weighted by atomic mass is 9.78. The van der Waals surface area contributed by atoms with Gasteiger partial charge in [-0.25, -0.2) is 0 Å². The number of nitrogens with one attached hydrogen (secondary N) is 1. The highest BCUT2D eigenvalue weighted by atomic mass is 16.4. The summed E-state index contributed by atoms with van der Waals surface area (Å²) < 4.78 is 0. The third-order valence-corrected chi connectivity index (χ3v) is 3.10. The van der Waals surface area contributed by atoms with Crippen LogP contribution < -0.4 is 5.32 Å². The minimum Gasteiger partial charge on any atom is -0.385 e. The summed E-state index contributed by atoms with van der Waals surface area (Å²) in [6.45, 7) is 0.743. The second-order valence-corrected chi connectivity index (χ2v) is 3.78. The van der Waals surface area contributed by atoms with Crippen molar-refractivity contribution in [2.45, 2.75) is 43.4 Å². The molecule has 2 aliphatic rings. The summed E-state index contributed by atoms with van der Waals surface area (Å²) >= 11 is 0. The molecule has 0 spiro atoms. The smallest absolute Gasteiger partial charge is 0.144 e. The molecule has 3 heteroatoms. The average Bonchev–Trinajstić information content (AvgIpc) is 2.25. The lowest BCUT2D eigenvalue weighted by molar-refractivity contribution is -0.164. The van der Waals surface area contributed by atoms with Crippen molar-refractivity contribution in [3.05, 3.63) is 0 Å². The molecule has 1 saturated heterocycles. The van der Waals surface area contributed by atoms with Crippen molar-refractivity contribution in [1.29, 1.82) is 0 Å². The monoisotopic (exact) mass is 157 g/mol. The fraction of sp³-hybridized carbons (Fsp3) is 1.00. The van der Waals surface area contributed by atoms with Gasteiger partial charge in [-0.05, 0) is 25.7 Å². The van der Waals surface area contributed by atoms with Crippen LogP contribution in [0.4, 0.5) is 0 Å². The van der Waals surface area contributed by atoms with E-state index in [2.05, 4.69) is 5.32 Å². The van der Waals surface area contributed by atoms with E-state index in [1.54, 1.807) is 0 Å². The highest BCUT2D eigenvalue weighted by Gasteiger charge is 2.53. The summed E-state index contributed by atoms with van der Waals surface area (Å²) in [6.07, 6.45) is 4.20. The quantitative estimate of drug-likeness (QED) is 0.463. The Morgan fingerprint density at radius 3 is 2.45 bits per heavy atom. The first kappa shape index (κ1) is 7.53. The zero-order chi connectivity index (χ0) is 7.95. The first-order valence-corrected chi connectivity index (χ1v) is 4.36. The fourth-order valence-electron chi connectivity index (χ4n) is 2.30. The number of rotatable bonds is 0. The summed E-state index contributed by atoms with van der Waals surface area (Å²) in [5, 5.41) is 22.8. The molecule has 2 unspecified atom stereocenters. The van der Waals surface area contributed by atoms with Gasteiger partial charge in [0.1, 0.15) is 11.3 Å². The molecule has 0 radical (unpaired) electrons. The first-order valence-electron chi connectivity index (χ1n) is 4.36. The van der Waals surface area contributed by atoms with E-state index < -0.39 is 11.3 Å².